The maximum atomic E-state index is 15.1. The monoisotopic (exact) mass is 808 g/mol. The predicted octanol–water partition coefficient (Wildman–Crippen LogP) is 2.97. The van der Waals surface area contributed by atoms with E-state index < -0.39 is 58.9 Å². The fourth-order valence-corrected chi connectivity index (χ4v) is 9.54. The number of likely N-dealkylation sites (N-methyl/N-ethyl adjacent to an activating group) is 1. The minimum absolute atomic E-state index is 0.128. The van der Waals surface area contributed by atoms with E-state index in [1.165, 1.54) is 11.3 Å². The molecule has 3 amide bonds. The minimum Gasteiger partial charge on any atom is -0.386 e. The summed E-state index contributed by atoms with van der Waals surface area (Å²) in [5.74, 6) is -2.25. The van der Waals surface area contributed by atoms with E-state index in [1.54, 1.807) is 7.05 Å². The number of nitrogens with one attached hydrogen (secondary N) is 4. The first-order valence-electron chi connectivity index (χ1n) is 22.2. The molecule has 12 N–H and O–H groups in total. The Kier molecular flexibility index (Phi) is 19.2. The van der Waals surface area contributed by atoms with Gasteiger partial charge >= 0.3 is 0 Å². The first-order chi connectivity index (χ1) is 27.9. The number of carbonyl (C=O) groups is 5. The molecule has 0 bridgehead atoms. The Morgan fingerprint density at radius 1 is 0.810 bits per heavy atom. The Bertz CT molecular complexity index is 1500. The van der Waals surface area contributed by atoms with Gasteiger partial charge in [-0.25, -0.2) is 0 Å². The second-order valence-electron chi connectivity index (χ2n) is 17.2. The molecule has 3 fully saturated rings. The Labute approximate surface area is 346 Å². The number of nitrogens with two attached hydrogens (primary N) is 4. The number of unbranched alkanes of at least 4 members (excludes halogenated alkanes) is 1. The third-order valence-electron chi connectivity index (χ3n) is 13.0. The number of ketones is 2. The van der Waals surface area contributed by atoms with Crippen molar-refractivity contribution >= 4 is 35.1 Å². The highest BCUT2D eigenvalue weighted by molar-refractivity contribution is 6.26. The van der Waals surface area contributed by atoms with E-state index in [-0.39, 0.29) is 50.1 Å². The molecule has 0 spiro atoms. The van der Waals surface area contributed by atoms with E-state index in [9.17, 15) is 19.2 Å². The summed E-state index contributed by atoms with van der Waals surface area (Å²) in [6.45, 7) is 0.788. The van der Waals surface area contributed by atoms with Crippen LogP contribution in [0.1, 0.15) is 128 Å². The molecule has 0 aromatic heterocycles. The summed E-state index contributed by atoms with van der Waals surface area (Å²) < 4.78 is 0. The summed E-state index contributed by atoms with van der Waals surface area (Å²) in [5, 5.41) is 17.8. The van der Waals surface area contributed by atoms with Crippen molar-refractivity contribution in [3.8, 4) is 0 Å². The number of amidine groups is 1. The Balaban J connectivity index is 1.55. The molecule has 3 aliphatic rings. The van der Waals surface area contributed by atoms with Crippen molar-refractivity contribution in [2.75, 3.05) is 26.7 Å². The molecule has 2 aliphatic carbocycles. The van der Waals surface area contributed by atoms with Crippen LogP contribution in [0.3, 0.4) is 0 Å². The van der Waals surface area contributed by atoms with Gasteiger partial charge in [0.2, 0.25) is 17.7 Å². The van der Waals surface area contributed by atoms with Gasteiger partial charge in [0.15, 0.2) is 11.6 Å². The fourth-order valence-electron chi connectivity index (χ4n) is 9.54. The van der Waals surface area contributed by atoms with Crippen LogP contribution in [-0.4, -0.2) is 96.9 Å². The van der Waals surface area contributed by atoms with E-state index >= 15 is 4.79 Å². The van der Waals surface area contributed by atoms with E-state index in [1.807, 2.05) is 30.3 Å². The normalized spacial score (nSPS) is 21.0. The minimum atomic E-state index is -2.10. The zero-order valence-corrected chi connectivity index (χ0v) is 35.0. The smallest absolute Gasteiger partial charge is 0.245 e. The van der Waals surface area contributed by atoms with Gasteiger partial charge < -0.3 is 43.8 Å². The molecule has 2 saturated carbocycles. The van der Waals surface area contributed by atoms with Gasteiger partial charge in [-0.15, -0.1) is 0 Å². The summed E-state index contributed by atoms with van der Waals surface area (Å²) >= 11 is 0. The van der Waals surface area contributed by atoms with Crippen molar-refractivity contribution in [3.05, 3.63) is 35.9 Å². The van der Waals surface area contributed by atoms with Gasteiger partial charge in [-0.05, 0) is 95.2 Å². The quantitative estimate of drug-likeness (QED) is 0.0328. The molecule has 1 saturated heterocycles. The number of amides is 3. The maximum absolute atomic E-state index is 15.1. The maximum Gasteiger partial charge on any atom is 0.245 e. The molecule has 1 aliphatic heterocycles. The summed E-state index contributed by atoms with van der Waals surface area (Å²) in [6, 6.07) is 5.28. The van der Waals surface area contributed by atoms with E-state index in [0.717, 1.165) is 63.4 Å². The van der Waals surface area contributed by atoms with Crippen molar-refractivity contribution in [1.29, 1.82) is 5.41 Å². The van der Waals surface area contributed by atoms with Crippen LogP contribution in [-0.2, 0) is 30.4 Å². The molecule has 1 aromatic rings. The van der Waals surface area contributed by atoms with Gasteiger partial charge in [-0.3, -0.25) is 29.4 Å². The molecular formula is C44H73N9O5. The molecule has 58 heavy (non-hydrogen) atoms. The van der Waals surface area contributed by atoms with Gasteiger partial charge in [-0.2, -0.15) is 0 Å². The molecular weight excluding hydrogens is 735 g/mol. The second-order valence-corrected chi connectivity index (χ2v) is 17.2. The van der Waals surface area contributed by atoms with E-state index in [0.29, 0.717) is 57.4 Å². The van der Waals surface area contributed by atoms with Crippen LogP contribution >= 0.6 is 0 Å². The topological polar surface area (TPSA) is 253 Å². The number of likely N-dealkylation sites (tertiary alicyclic amines) is 1. The van der Waals surface area contributed by atoms with Crippen molar-refractivity contribution in [1.82, 2.24) is 20.9 Å². The molecule has 6 atom stereocenters. The Hall–Kier alpha value is -3.72. The van der Waals surface area contributed by atoms with Gasteiger partial charge in [0, 0.05) is 13.1 Å². The number of carbonyl (C=O) groups excluding carboxylic acids is 5. The molecule has 14 nitrogen and oxygen atoms in total. The number of hydrogen-bond acceptors (Lipinski definition) is 10. The van der Waals surface area contributed by atoms with Gasteiger partial charge in [0.25, 0.3) is 0 Å². The first kappa shape index (κ1) is 47.0. The number of benzene rings is 1. The van der Waals surface area contributed by atoms with Crippen LogP contribution in [0.25, 0.3) is 0 Å². The van der Waals surface area contributed by atoms with Crippen LogP contribution < -0.4 is 38.9 Å². The van der Waals surface area contributed by atoms with Crippen molar-refractivity contribution in [3.63, 3.8) is 0 Å². The lowest BCUT2D eigenvalue weighted by Gasteiger charge is -2.38. The highest BCUT2D eigenvalue weighted by atomic mass is 16.2. The lowest BCUT2D eigenvalue weighted by molar-refractivity contribution is -0.146. The highest BCUT2D eigenvalue weighted by Crippen LogP contribution is 2.36. The second kappa shape index (κ2) is 23.8. The molecule has 4 rings (SSSR count). The average molecular weight is 808 g/mol. The van der Waals surface area contributed by atoms with E-state index in [4.69, 9.17) is 28.3 Å². The summed E-state index contributed by atoms with van der Waals surface area (Å²) in [5.41, 5.74) is 24.0. The van der Waals surface area contributed by atoms with Crippen LogP contribution in [0, 0.1) is 22.7 Å². The third-order valence-corrected chi connectivity index (χ3v) is 13.0. The summed E-state index contributed by atoms with van der Waals surface area (Å²) in [4.78, 5) is 72.5. The zero-order chi connectivity index (χ0) is 42.1. The van der Waals surface area contributed by atoms with Gasteiger partial charge in [0.1, 0.15) is 17.3 Å². The van der Waals surface area contributed by atoms with Gasteiger partial charge in [0.05, 0.1) is 24.2 Å². The lowest BCUT2D eigenvalue weighted by Crippen LogP contribution is -2.62. The lowest BCUT2D eigenvalue weighted by atomic mass is 9.68. The molecule has 324 valence electrons. The fraction of sp³-hybridized carbons (Fsp3) is 0.727. The number of hydrogen-bond donors (Lipinski definition) is 8. The Morgan fingerprint density at radius 2 is 1.43 bits per heavy atom. The standard InChI is InChI=1S/C44H73N9O5/c1-50-36(29-32-19-9-4-10-20-32)41(57)52-35(21-11-12-24-45)42(58)53-26-13-22-37(53)39(55)44(43(48)49,38(54)33(46)27-30-15-5-2-6-16-30)23-14-25-51-40(56)34(47)28-31-17-7-3-8-18-31/h4,9-10,19-20,30-31,33-37,50H,2-3,5-8,11-18,21-29,45-47H2,1H3,(H3,48,49)(H,51,56)(H,52,57)/t33-,34+,35+,36+,37+,44?/m1/s1. The average Bonchev–Trinajstić information content (AvgIpc) is 3.73. The number of rotatable bonds is 24. The van der Waals surface area contributed by atoms with Crippen LogP contribution in [0.15, 0.2) is 30.3 Å². The highest BCUT2D eigenvalue weighted by Gasteiger charge is 2.55. The van der Waals surface area contributed by atoms with Crippen LogP contribution in [0.5, 0.6) is 0 Å². The number of nitrogens with zero attached hydrogens (tertiary/aromatic N) is 1. The molecule has 0 radical (unpaired) electrons. The number of Topliss-reactive ketones (excluding diaryl/α,β-unsaturated/α-hetero) is 2. The van der Waals surface area contributed by atoms with E-state index in [2.05, 4.69) is 16.0 Å². The van der Waals surface area contributed by atoms with Crippen molar-refractivity contribution in [2.24, 2.45) is 40.2 Å². The van der Waals surface area contributed by atoms with Gasteiger partial charge in [-0.1, -0.05) is 94.5 Å². The first-order valence-corrected chi connectivity index (χ1v) is 22.2. The zero-order valence-electron chi connectivity index (χ0n) is 35.0. The Morgan fingerprint density at radius 3 is 2.02 bits per heavy atom. The summed E-state index contributed by atoms with van der Waals surface area (Å²) in [6.07, 6.45) is 14.5. The third kappa shape index (κ3) is 12.9. The van der Waals surface area contributed by atoms with Crippen LogP contribution in [0.2, 0.25) is 0 Å². The molecule has 1 unspecified atom stereocenters. The predicted molar refractivity (Wildman–Crippen MR) is 228 cm³/mol. The van der Waals surface area contributed by atoms with Crippen molar-refractivity contribution < 1.29 is 24.0 Å². The summed E-state index contributed by atoms with van der Waals surface area (Å²) in [7, 11) is 1.70. The molecule has 1 heterocycles. The largest absolute Gasteiger partial charge is 0.386 e. The van der Waals surface area contributed by atoms with Crippen molar-refractivity contribution in [2.45, 2.75) is 159 Å². The van der Waals surface area contributed by atoms with Crippen LogP contribution in [0.4, 0.5) is 0 Å². The molecule has 14 heteroatoms. The SMILES string of the molecule is CN[C@@H](Cc1ccccc1)C(=O)N[C@@H](CCCCN)C(=O)N1CCC[C@H]1C(=O)C(CCCNC(=O)[C@@H](N)CC1CCCCC1)(C(=N)N)C(=O)[C@H](N)CC1CCCCC1. The molecule has 1 aromatic carbocycles.